The minimum Gasteiger partial charge on any atom is -0.481 e. The van der Waals surface area contributed by atoms with Crippen LogP contribution in [0.2, 0.25) is 0 Å². The molecule has 0 aliphatic rings. The second-order valence-corrected chi connectivity index (χ2v) is 5.85. The highest BCUT2D eigenvalue weighted by Gasteiger charge is 2.29. The molecule has 0 aromatic carbocycles. The van der Waals surface area contributed by atoms with E-state index in [1.807, 2.05) is 0 Å². The number of thioether (sulfide) groups is 1. The SMILES string of the molecule is C[C@@H](N)C(=O)SCC(=O)O.O=C(O)C(Cl)(Cl)Cl. The van der Waals surface area contributed by atoms with E-state index in [-0.39, 0.29) is 10.9 Å². The van der Waals surface area contributed by atoms with Crippen molar-refractivity contribution in [3.63, 3.8) is 0 Å². The minimum absolute atomic E-state index is 0.208. The Morgan fingerprint density at radius 3 is 1.82 bits per heavy atom. The summed E-state index contributed by atoms with van der Waals surface area (Å²) in [5.74, 6) is -2.67. The molecule has 0 aromatic heterocycles. The van der Waals surface area contributed by atoms with Crippen LogP contribution in [0.3, 0.4) is 0 Å². The van der Waals surface area contributed by atoms with Crippen LogP contribution in [0.15, 0.2) is 0 Å². The zero-order valence-corrected chi connectivity index (χ0v) is 11.6. The second kappa shape index (κ2) is 8.82. The average Bonchev–Trinajstić information content (AvgIpc) is 2.13. The molecule has 0 fully saturated rings. The van der Waals surface area contributed by atoms with Crippen LogP contribution in [0.4, 0.5) is 0 Å². The third-order valence-electron chi connectivity index (χ3n) is 0.952. The normalized spacial score (nSPS) is 12.1. The molecule has 0 aliphatic carbocycles. The first-order valence-corrected chi connectivity index (χ1v) is 6.04. The van der Waals surface area contributed by atoms with Gasteiger partial charge in [0.1, 0.15) is 0 Å². The maximum Gasteiger partial charge on any atom is 0.356 e. The summed E-state index contributed by atoms with van der Waals surface area (Å²) < 4.78 is -2.17. The van der Waals surface area contributed by atoms with Gasteiger partial charge in [0.05, 0.1) is 11.8 Å². The minimum atomic E-state index is -2.17. The van der Waals surface area contributed by atoms with E-state index in [2.05, 4.69) is 0 Å². The molecule has 0 saturated heterocycles. The van der Waals surface area contributed by atoms with Gasteiger partial charge in [0, 0.05) is 0 Å². The molecule has 100 valence electrons. The van der Waals surface area contributed by atoms with E-state index >= 15 is 0 Å². The predicted octanol–water partition coefficient (Wildman–Crippen LogP) is 1.12. The van der Waals surface area contributed by atoms with Gasteiger partial charge in [0.2, 0.25) is 5.12 Å². The Hall–Kier alpha value is -0.210. The number of carbonyl (C=O) groups excluding carboxylic acids is 1. The molecule has 6 nitrogen and oxygen atoms in total. The number of nitrogens with two attached hydrogens (primary N) is 1. The Labute approximate surface area is 116 Å². The smallest absolute Gasteiger partial charge is 0.356 e. The van der Waals surface area contributed by atoms with Gasteiger partial charge >= 0.3 is 11.9 Å². The molecule has 0 bridgehead atoms. The molecule has 1 atom stereocenters. The molecule has 0 rings (SSSR count). The van der Waals surface area contributed by atoms with E-state index in [1.165, 1.54) is 6.92 Å². The Kier molecular flexibility index (Phi) is 9.93. The molecule has 0 aliphatic heterocycles. The molecule has 0 amide bonds. The third kappa shape index (κ3) is 13.7. The van der Waals surface area contributed by atoms with Crippen LogP contribution in [-0.2, 0) is 14.4 Å². The highest BCUT2D eigenvalue weighted by atomic mass is 35.6. The highest BCUT2D eigenvalue weighted by Crippen LogP contribution is 2.25. The number of carboxylic acids is 2. The number of carboxylic acid groups (broad SMARTS) is 2. The third-order valence-corrected chi connectivity index (χ3v) is 2.48. The van der Waals surface area contributed by atoms with Crippen LogP contribution in [-0.4, -0.2) is 42.9 Å². The molecular weight excluding hydrogens is 317 g/mol. The summed E-state index contributed by atoms with van der Waals surface area (Å²) in [6.07, 6.45) is 0. The number of hydrogen-bond donors (Lipinski definition) is 3. The molecule has 0 unspecified atom stereocenters. The van der Waals surface area contributed by atoms with Gasteiger partial charge in [-0.2, -0.15) is 0 Å². The van der Waals surface area contributed by atoms with Crippen molar-refractivity contribution < 1.29 is 24.6 Å². The quantitative estimate of drug-likeness (QED) is 0.665. The predicted molar refractivity (Wildman–Crippen MR) is 66.7 cm³/mol. The number of carbonyl (C=O) groups is 3. The number of rotatable bonds is 3. The number of hydrogen-bond acceptors (Lipinski definition) is 5. The lowest BCUT2D eigenvalue weighted by Crippen LogP contribution is -2.24. The fourth-order valence-corrected chi connectivity index (χ4v) is 0.793. The first kappa shape index (κ1) is 19.1. The molecule has 0 radical (unpaired) electrons. The Morgan fingerprint density at radius 1 is 1.29 bits per heavy atom. The summed E-state index contributed by atoms with van der Waals surface area (Å²) in [6, 6.07) is -0.579. The van der Waals surface area contributed by atoms with Gasteiger partial charge in [-0.25, -0.2) is 4.79 Å². The highest BCUT2D eigenvalue weighted by molar-refractivity contribution is 8.14. The van der Waals surface area contributed by atoms with Gasteiger partial charge in [-0.1, -0.05) is 46.6 Å². The van der Waals surface area contributed by atoms with Crippen LogP contribution in [0.25, 0.3) is 0 Å². The summed E-state index contributed by atoms with van der Waals surface area (Å²) in [7, 11) is 0. The van der Waals surface area contributed by atoms with Crippen molar-refractivity contribution in [2.45, 2.75) is 16.8 Å². The van der Waals surface area contributed by atoms with Crippen molar-refractivity contribution in [3.8, 4) is 0 Å². The van der Waals surface area contributed by atoms with Gasteiger partial charge in [0.15, 0.2) is 0 Å². The van der Waals surface area contributed by atoms with Crippen LogP contribution in [0.1, 0.15) is 6.92 Å². The molecule has 17 heavy (non-hydrogen) atoms. The topological polar surface area (TPSA) is 118 Å². The van der Waals surface area contributed by atoms with Crippen molar-refractivity contribution in [2.24, 2.45) is 5.73 Å². The van der Waals surface area contributed by atoms with Crippen molar-refractivity contribution in [2.75, 3.05) is 5.75 Å². The van der Waals surface area contributed by atoms with E-state index < -0.39 is 21.8 Å². The zero-order valence-electron chi connectivity index (χ0n) is 8.52. The summed E-state index contributed by atoms with van der Waals surface area (Å²) in [4.78, 5) is 30.2. The monoisotopic (exact) mass is 325 g/mol. The maximum atomic E-state index is 10.6. The number of alkyl halides is 3. The Balaban J connectivity index is 0. The second-order valence-electron chi connectivity index (χ2n) is 2.59. The maximum absolute atomic E-state index is 10.6. The lowest BCUT2D eigenvalue weighted by molar-refractivity contribution is -0.136. The Morgan fingerprint density at radius 2 is 1.65 bits per heavy atom. The summed E-state index contributed by atoms with van der Waals surface area (Å²) in [6.45, 7) is 1.52. The lowest BCUT2D eigenvalue weighted by atomic mass is 10.4. The van der Waals surface area contributed by atoms with E-state index in [0.29, 0.717) is 0 Å². The largest absolute Gasteiger partial charge is 0.481 e. The first-order valence-electron chi connectivity index (χ1n) is 3.92. The fraction of sp³-hybridized carbons (Fsp3) is 0.571. The van der Waals surface area contributed by atoms with Gasteiger partial charge in [-0.15, -0.1) is 0 Å². The van der Waals surface area contributed by atoms with Crippen LogP contribution in [0, 0.1) is 0 Å². The lowest BCUT2D eigenvalue weighted by Gasteiger charge is -1.99. The van der Waals surface area contributed by atoms with Crippen molar-refractivity contribution >= 4 is 63.6 Å². The molecule has 4 N–H and O–H groups in total. The number of halogens is 3. The van der Waals surface area contributed by atoms with Crippen molar-refractivity contribution in [1.29, 1.82) is 0 Å². The van der Waals surface area contributed by atoms with Gasteiger partial charge < -0.3 is 15.9 Å². The molecule has 10 heteroatoms. The van der Waals surface area contributed by atoms with E-state index in [4.69, 9.17) is 50.7 Å². The standard InChI is InChI=1S/C5H9NO3S.C2HCl3O2/c1-3(6)5(9)10-2-4(7)8;3-2(4,5)1(6)7/h3H,2,6H2,1H3,(H,7,8);(H,6,7)/t3-;/m1./s1. The van der Waals surface area contributed by atoms with E-state index in [9.17, 15) is 14.4 Å². The summed E-state index contributed by atoms with van der Waals surface area (Å²) in [5, 5.41) is 15.7. The zero-order chi connectivity index (χ0) is 14.2. The Bertz CT molecular complexity index is 292. The summed E-state index contributed by atoms with van der Waals surface area (Å²) in [5.41, 5.74) is 5.16. The molecule has 0 spiro atoms. The fourth-order valence-electron chi connectivity index (χ4n) is 0.264. The molecule has 0 aromatic rings. The van der Waals surface area contributed by atoms with Crippen molar-refractivity contribution in [1.82, 2.24) is 0 Å². The van der Waals surface area contributed by atoms with Crippen LogP contribution in [0.5, 0.6) is 0 Å². The van der Waals surface area contributed by atoms with Crippen molar-refractivity contribution in [3.05, 3.63) is 0 Å². The average molecular weight is 327 g/mol. The number of aliphatic carboxylic acids is 2. The van der Waals surface area contributed by atoms with Gasteiger partial charge in [-0.3, -0.25) is 9.59 Å². The summed E-state index contributed by atoms with van der Waals surface area (Å²) >= 11 is 15.1. The molecular formula is C7H10Cl3NO5S. The molecule has 0 heterocycles. The van der Waals surface area contributed by atoms with E-state index in [0.717, 1.165) is 11.8 Å². The van der Waals surface area contributed by atoms with E-state index in [1.54, 1.807) is 0 Å². The van der Waals surface area contributed by atoms with Crippen LogP contribution < -0.4 is 5.73 Å². The van der Waals surface area contributed by atoms with Gasteiger partial charge in [-0.05, 0) is 6.92 Å². The molecule has 0 saturated carbocycles. The van der Waals surface area contributed by atoms with Gasteiger partial charge in [0.25, 0.3) is 3.79 Å². The first-order chi connectivity index (χ1) is 7.48. The van der Waals surface area contributed by atoms with Crippen LogP contribution >= 0.6 is 46.6 Å².